The number of rotatable bonds is 5. The summed E-state index contributed by atoms with van der Waals surface area (Å²) in [5.74, 6) is 3.46. The molecule has 0 N–H and O–H groups in total. The molecule has 1 rings (SSSR count). The summed E-state index contributed by atoms with van der Waals surface area (Å²) in [6.07, 6.45) is 3.79. The van der Waals surface area contributed by atoms with Crippen molar-refractivity contribution in [2.45, 2.75) is 32.2 Å². The Morgan fingerprint density at radius 3 is 2.92 bits per heavy atom. The van der Waals surface area contributed by atoms with Crippen LogP contribution >= 0.6 is 23.4 Å². The summed E-state index contributed by atoms with van der Waals surface area (Å²) < 4.78 is 0. The normalized spacial score (nSPS) is 24.9. The van der Waals surface area contributed by atoms with Gasteiger partial charge in [0.1, 0.15) is 0 Å². The van der Waals surface area contributed by atoms with Gasteiger partial charge < -0.3 is 0 Å². The highest BCUT2D eigenvalue weighted by Crippen LogP contribution is 2.16. The maximum atomic E-state index is 5.63. The third-order valence-electron chi connectivity index (χ3n) is 2.58. The molecular weight excluding hydrogens is 202 g/mol. The standard InChI is InChI=1S/C10H20ClNS/c1-10-9-13-8-7-12(10)6-4-2-3-5-11/h10H,2-9H2,1H3. The maximum Gasteiger partial charge on any atom is 0.0223 e. The highest BCUT2D eigenvalue weighted by Gasteiger charge is 2.17. The Morgan fingerprint density at radius 2 is 2.23 bits per heavy atom. The molecule has 0 aromatic carbocycles. The molecule has 0 spiro atoms. The van der Waals surface area contributed by atoms with Crippen LogP contribution in [0.4, 0.5) is 0 Å². The van der Waals surface area contributed by atoms with Gasteiger partial charge in [-0.05, 0) is 26.3 Å². The third kappa shape index (κ3) is 4.57. The molecule has 0 amide bonds. The molecule has 1 unspecified atom stereocenters. The first-order valence-corrected chi connectivity index (χ1v) is 6.91. The second kappa shape index (κ2) is 6.97. The number of alkyl halides is 1. The molecule has 1 fully saturated rings. The van der Waals surface area contributed by atoms with Crippen LogP contribution in [0.3, 0.4) is 0 Å². The molecule has 0 aromatic rings. The Morgan fingerprint density at radius 1 is 1.38 bits per heavy atom. The van der Waals surface area contributed by atoms with Crippen LogP contribution in [0.2, 0.25) is 0 Å². The van der Waals surface area contributed by atoms with Crippen LogP contribution in [0.25, 0.3) is 0 Å². The lowest BCUT2D eigenvalue weighted by molar-refractivity contribution is 0.228. The Kier molecular flexibility index (Phi) is 6.26. The summed E-state index contributed by atoms with van der Waals surface area (Å²) in [7, 11) is 0. The molecule has 0 radical (unpaired) electrons. The van der Waals surface area contributed by atoms with Crippen LogP contribution in [-0.2, 0) is 0 Å². The van der Waals surface area contributed by atoms with Crippen molar-refractivity contribution in [3.05, 3.63) is 0 Å². The van der Waals surface area contributed by atoms with Gasteiger partial charge in [-0.25, -0.2) is 0 Å². The predicted octanol–water partition coefficient (Wildman–Crippen LogP) is 2.83. The zero-order valence-corrected chi connectivity index (χ0v) is 10.0. The van der Waals surface area contributed by atoms with Gasteiger partial charge in [-0.2, -0.15) is 11.8 Å². The molecule has 1 heterocycles. The van der Waals surface area contributed by atoms with E-state index in [0.29, 0.717) is 0 Å². The van der Waals surface area contributed by atoms with Gasteiger partial charge in [0.25, 0.3) is 0 Å². The molecule has 1 saturated heterocycles. The lowest BCUT2D eigenvalue weighted by Gasteiger charge is -2.32. The lowest BCUT2D eigenvalue weighted by Crippen LogP contribution is -2.40. The van der Waals surface area contributed by atoms with E-state index in [9.17, 15) is 0 Å². The Balaban J connectivity index is 2.05. The minimum Gasteiger partial charge on any atom is -0.299 e. The van der Waals surface area contributed by atoms with Gasteiger partial charge in [0, 0.05) is 30.0 Å². The minimum absolute atomic E-state index is 0.787. The van der Waals surface area contributed by atoms with Crippen LogP contribution in [0.15, 0.2) is 0 Å². The second-order valence-corrected chi connectivity index (χ2v) is 5.24. The van der Waals surface area contributed by atoms with Crippen molar-refractivity contribution >= 4 is 23.4 Å². The smallest absolute Gasteiger partial charge is 0.0223 e. The first-order chi connectivity index (χ1) is 6.34. The monoisotopic (exact) mass is 221 g/mol. The highest BCUT2D eigenvalue weighted by atomic mass is 35.5. The number of hydrogen-bond donors (Lipinski definition) is 0. The van der Waals surface area contributed by atoms with Crippen LogP contribution in [0, 0.1) is 0 Å². The van der Waals surface area contributed by atoms with E-state index in [-0.39, 0.29) is 0 Å². The van der Waals surface area contributed by atoms with E-state index < -0.39 is 0 Å². The van der Waals surface area contributed by atoms with Crippen molar-refractivity contribution < 1.29 is 0 Å². The van der Waals surface area contributed by atoms with Crippen molar-refractivity contribution in [1.29, 1.82) is 0 Å². The van der Waals surface area contributed by atoms with Crippen LogP contribution < -0.4 is 0 Å². The summed E-state index contributed by atoms with van der Waals surface area (Å²) >= 11 is 7.72. The summed E-state index contributed by atoms with van der Waals surface area (Å²) in [6.45, 7) is 4.90. The number of thioether (sulfide) groups is 1. The lowest BCUT2D eigenvalue weighted by atomic mass is 10.2. The Bertz CT molecular complexity index is 132. The summed E-state index contributed by atoms with van der Waals surface area (Å²) in [4.78, 5) is 2.62. The van der Waals surface area contributed by atoms with E-state index in [1.54, 1.807) is 0 Å². The molecule has 3 heteroatoms. The predicted molar refractivity (Wildman–Crippen MR) is 62.9 cm³/mol. The average Bonchev–Trinajstić information content (AvgIpc) is 2.15. The maximum absolute atomic E-state index is 5.63. The SMILES string of the molecule is CC1CSCCN1CCCCCCl. The number of nitrogens with zero attached hydrogens (tertiary/aromatic N) is 1. The molecule has 13 heavy (non-hydrogen) atoms. The molecule has 0 aromatic heterocycles. The fourth-order valence-electron chi connectivity index (χ4n) is 1.68. The minimum atomic E-state index is 0.787. The van der Waals surface area contributed by atoms with Crippen LogP contribution in [0.1, 0.15) is 26.2 Å². The van der Waals surface area contributed by atoms with E-state index in [1.807, 2.05) is 0 Å². The van der Waals surface area contributed by atoms with Crippen LogP contribution in [0.5, 0.6) is 0 Å². The number of halogens is 1. The number of hydrogen-bond acceptors (Lipinski definition) is 2. The van der Waals surface area contributed by atoms with E-state index in [4.69, 9.17) is 11.6 Å². The quantitative estimate of drug-likeness (QED) is 0.519. The molecule has 1 aliphatic rings. The summed E-state index contributed by atoms with van der Waals surface area (Å²) in [5, 5.41) is 0. The van der Waals surface area contributed by atoms with Crippen LogP contribution in [-0.4, -0.2) is 41.4 Å². The van der Waals surface area contributed by atoms with Crippen molar-refractivity contribution in [1.82, 2.24) is 4.90 Å². The van der Waals surface area contributed by atoms with E-state index in [2.05, 4.69) is 23.6 Å². The van der Waals surface area contributed by atoms with Gasteiger partial charge in [-0.15, -0.1) is 11.6 Å². The summed E-state index contributed by atoms with van der Waals surface area (Å²) in [5.41, 5.74) is 0. The molecule has 1 atom stereocenters. The van der Waals surface area contributed by atoms with E-state index >= 15 is 0 Å². The van der Waals surface area contributed by atoms with E-state index in [0.717, 1.165) is 11.9 Å². The van der Waals surface area contributed by atoms with Gasteiger partial charge in [-0.1, -0.05) is 6.42 Å². The molecule has 1 aliphatic heterocycles. The fourth-order valence-corrected chi connectivity index (χ4v) is 2.95. The largest absolute Gasteiger partial charge is 0.299 e. The topological polar surface area (TPSA) is 3.24 Å². The first-order valence-electron chi connectivity index (χ1n) is 5.22. The molecule has 0 saturated carbocycles. The van der Waals surface area contributed by atoms with Gasteiger partial charge in [-0.3, -0.25) is 4.90 Å². The molecule has 78 valence electrons. The van der Waals surface area contributed by atoms with Gasteiger partial charge >= 0.3 is 0 Å². The fraction of sp³-hybridized carbons (Fsp3) is 1.00. The van der Waals surface area contributed by atoms with E-state index in [1.165, 1.54) is 43.9 Å². The summed E-state index contributed by atoms with van der Waals surface area (Å²) in [6, 6.07) is 0.787. The second-order valence-electron chi connectivity index (χ2n) is 3.71. The first kappa shape index (κ1) is 11.7. The van der Waals surface area contributed by atoms with Crippen molar-refractivity contribution in [2.24, 2.45) is 0 Å². The molecular formula is C10H20ClNS. The highest BCUT2D eigenvalue weighted by molar-refractivity contribution is 7.99. The zero-order valence-electron chi connectivity index (χ0n) is 8.47. The molecule has 1 nitrogen and oxygen atoms in total. The Labute approximate surface area is 91.2 Å². The van der Waals surface area contributed by atoms with Crippen molar-refractivity contribution in [2.75, 3.05) is 30.5 Å². The molecule has 0 aliphatic carbocycles. The van der Waals surface area contributed by atoms with Gasteiger partial charge in [0.05, 0.1) is 0 Å². The van der Waals surface area contributed by atoms with Crippen molar-refractivity contribution in [3.63, 3.8) is 0 Å². The average molecular weight is 222 g/mol. The Hall–Kier alpha value is 0.600. The van der Waals surface area contributed by atoms with Gasteiger partial charge in [0.2, 0.25) is 0 Å². The van der Waals surface area contributed by atoms with Crippen molar-refractivity contribution in [3.8, 4) is 0 Å². The third-order valence-corrected chi connectivity index (χ3v) is 4.04. The zero-order chi connectivity index (χ0) is 9.52. The molecule has 0 bridgehead atoms. The van der Waals surface area contributed by atoms with Gasteiger partial charge in [0.15, 0.2) is 0 Å². The number of unbranched alkanes of at least 4 members (excludes halogenated alkanes) is 2.